The van der Waals surface area contributed by atoms with Crippen LogP contribution in [0.3, 0.4) is 0 Å². The lowest BCUT2D eigenvalue weighted by Crippen LogP contribution is -2.23. The Morgan fingerprint density at radius 1 is 1.30 bits per heavy atom. The Bertz CT molecular complexity index is 142. The van der Waals surface area contributed by atoms with Crippen LogP contribution in [0.5, 0.6) is 0 Å². The summed E-state index contributed by atoms with van der Waals surface area (Å²) in [6.45, 7) is 0.120. The van der Waals surface area contributed by atoms with Crippen molar-refractivity contribution in [1.29, 1.82) is 0 Å². The predicted molar refractivity (Wildman–Crippen MR) is 34.4 cm³/mol. The molecule has 1 unspecified atom stereocenters. The van der Waals surface area contributed by atoms with Crippen LogP contribution in [0.25, 0.3) is 0 Å². The molecular weight excluding hydrogens is 158 g/mol. The van der Waals surface area contributed by atoms with Gasteiger partial charge in [-0.25, -0.2) is 4.21 Å². The van der Waals surface area contributed by atoms with Crippen LogP contribution in [0.1, 0.15) is 0 Å². The van der Waals surface area contributed by atoms with E-state index in [0.717, 1.165) is 4.31 Å². The molecule has 3 atom stereocenters. The molecule has 0 aromatic rings. The van der Waals surface area contributed by atoms with Crippen molar-refractivity contribution >= 4 is 11.3 Å². The summed E-state index contributed by atoms with van der Waals surface area (Å²) in [5, 5.41) is 17.8. The second-order valence-electron chi connectivity index (χ2n) is 2.21. The molecule has 60 valence electrons. The van der Waals surface area contributed by atoms with Crippen molar-refractivity contribution < 1.29 is 19.0 Å². The fourth-order valence-electron chi connectivity index (χ4n) is 0.863. The minimum absolute atomic E-state index is 0.0598. The Balaban J connectivity index is 2.49. The molecule has 1 fully saturated rings. The maximum Gasteiger partial charge on any atom is 0.234 e. The molecule has 0 aliphatic carbocycles. The van der Waals surface area contributed by atoms with Crippen molar-refractivity contribution in [3.63, 3.8) is 0 Å². The summed E-state index contributed by atoms with van der Waals surface area (Å²) >= 11 is -2.07. The molecule has 5 nitrogen and oxygen atoms in total. The van der Waals surface area contributed by atoms with E-state index >= 15 is 0 Å². The Hall–Kier alpha value is -0.0100. The molecule has 1 rings (SSSR count). The van der Waals surface area contributed by atoms with Crippen LogP contribution < -0.4 is 0 Å². The highest BCUT2D eigenvalue weighted by molar-refractivity contribution is 7.76. The Kier molecular flexibility index (Phi) is 2.37. The molecule has 10 heavy (non-hydrogen) atoms. The van der Waals surface area contributed by atoms with Crippen molar-refractivity contribution in [2.24, 2.45) is 0 Å². The maximum absolute atomic E-state index is 10.3. The van der Waals surface area contributed by atoms with Crippen molar-refractivity contribution in [3.05, 3.63) is 0 Å². The summed E-state index contributed by atoms with van der Waals surface area (Å²) in [5.41, 5.74) is 0. The Labute approximate surface area is 60.7 Å². The molecular formula is C4H9NO4S. The van der Waals surface area contributed by atoms with Gasteiger partial charge >= 0.3 is 0 Å². The van der Waals surface area contributed by atoms with Crippen molar-refractivity contribution in [1.82, 2.24) is 4.31 Å². The van der Waals surface area contributed by atoms with Crippen LogP contribution in [-0.2, 0) is 11.3 Å². The number of aliphatic hydroxyl groups is 2. The molecule has 6 heteroatoms. The average molecular weight is 167 g/mol. The first-order valence-electron chi connectivity index (χ1n) is 2.83. The molecule has 0 bridgehead atoms. The zero-order valence-electron chi connectivity index (χ0n) is 5.17. The van der Waals surface area contributed by atoms with E-state index < -0.39 is 23.5 Å². The second-order valence-corrected chi connectivity index (χ2v) is 3.19. The third-order valence-electron chi connectivity index (χ3n) is 1.45. The fraction of sp³-hybridized carbons (Fsp3) is 1.00. The molecule has 1 aliphatic heterocycles. The molecule has 1 aliphatic rings. The number of hydrogen-bond acceptors (Lipinski definition) is 3. The molecule has 1 saturated heterocycles. The van der Waals surface area contributed by atoms with Crippen molar-refractivity contribution in [2.45, 2.75) is 12.2 Å². The largest absolute Gasteiger partial charge is 0.389 e. The normalized spacial score (nSPS) is 38.3. The van der Waals surface area contributed by atoms with Crippen LogP contribution in [0.2, 0.25) is 0 Å². The van der Waals surface area contributed by atoms with Gasteiger partial charge in [-0.2, -0.15) is 4.31 Å². The first-order valence-corrected chi connectivity index (χ1v) is 3.89. The van der Waals surface area contributed by atoms with Gasteiger partial charge in [0.2, 0.25) is 11.3 Å². The van der Waals surface area contributed by atoms with E-state index in [9.17, 15) is 4.21 Å². The van der Waals surface area contributed by atoms with Gasteiger partial charge in [0.1, 0.15) is 0 Å². The Morgan fingerprint density at radius 2 is 1.70 bits per heavy atom. The lowest BCUT2D eigenvalue weighted by Gasteiger charge is -2.06. The molecule has 0 saturated carbocycles. The standard InChI is InChI=1S/C4H9NO4S/c6-3-1-5(10(8)9)2-4(3)7/h3-4,6-7H,1-2H2,(H,8,9)/t3-,4+. The van der Waals surface area contributed by atoms with Gasteiger partial charge in [0.15, 0.2) is 0 Å². The Morgan fingerprint density at radius 3 is 1.90 bits per heavy atom. The van der Waals surface area contributed by atoms with Crippen LogP contribution in [0, 0.1) is 0 Å². The molecule has 0 aromatic carbocycles. The topological polar surface area (TPSA) is 81.0 Å². The van der Waals surface area contributed by atoms with Gasteiger partial charge in [0.05, 0.1) is 12.2 Å². The average Bonchev–Trinajstić information content (AvgIpc) is 2.13. The van der Waals surface area contributed by atoms with E-state index in [1.54, 1.807) is 0 Å². The van der Waals surface area contributed by atoms with Gasteiger partial charge < -0.3 is 10.2 Å². The van der Waals surface area contributed by atoms with Crippen molar-refractivity contribution in [3.8, 4) is 0 Å². The molecule has 0 amide bonds. The summed E-state index contributed by atoms with van der Waals surface area (Å²) in [5.74, 6) is 0. The van der Waals surface area contributed by atoms with Crippen molar-refractivity contribution in [2.75, 3.05) is 13.1 Å². The predicted octanol–water partition coefficient (Wildman–Crippen LogP) is -1.84. The second kappa shape index (κ2) is 2.93. The summed E-state index contributed by atoms with van der Waals surface area (Å²) < 4.78 is 19.9. The summed E-state index contributed by atoms with van der Waals surface area (Å²) in [6.07, 6.45) is -1.79. The maximum atomic E-state index is 10.3. The summed E-state index contributed by atoms with van der Waals surface area (Å²) in [6, 6.07) is 0. The number of hydrogen-bond donors (Lipinski definition) is 3. The SMILES string of the molecule is O=S(O)N1C[C@@H](O)[C@@H](O)C1. The summed E-state index contributed by atoms with van der Waals surface area (Å²) in [7, 11) is 0. The van der Waals surface area contributed by atoms with Gasteiger partial charge in [-0.05, 0) is 0 Å². The molecule has 0 aromatic heterocycles. The monoisotopic (exact) mass is 167 g/mol. The third kappa shape index (κ3) is 1.53. The van der Waals surface area contributed by atoms with Crippen LogP contribution >= 0.6 is 0 Å². The van der Waals surface area contributed by atoms with Crippen LogP contribution in [-0.4, -0.2) is 48.6 Å². The summed E-state index contributed by atoms with van der Waals surface area (Å²) in [4.78, 5) is 0. The molecule has 3 N–H and O–H groups in total. The van der Waals surface area contributed by atoms with E-state index in [0.29, 0.717) is 0 Å². The van der Waals surface area contributed by atoms with Gasteiger partial charge in [0, 0.05) is 13.1 Å². The van der Waals surface area contributed by atoms with E-state index in [2.05, 4.69) is 0 Å². The van der Waals surface area contributed by atoms with E-state index in [1.165, 1.54) is 0 Å². The molecule has 0 spiro atoms. The van der Waals surface area contributed by atoms with Gasteiger partial charge in [-0.1, -0.05) is 0 Å². The highest BCUT2D eigenvalue weighted by atomic mass is 32.2. The van der Waals surface area contributed by atoms with Gasteiger partial charge in [-0.15, -0.1) is 0 Å². The number of aliphatic hydroxyl groups excluding tert-OH is 2. The third-order valence-corrected chi connectivity index (χ3v) is 2.19. The van der Waals surface area contributed by atoms with Gasteiger partial charge in [0.25, 0.3) is 0 Å². The van der Waals surface area contributed by atoms with E-state index in [-0.39, 0.29) is 13.1 Å². The highest BCUT2D eigenvalue weighted by Gasteiger charge is 2.32. The minimum Gasteiger partial charge on any atom is -0.389 e. The van der Waals surface area contributed by atoms with E-state index in [4.69, 9.17) is 14.8 Å². The van der Waals surface area contributed by atoms with Crippen LogP contribution in [0.4, 0.5) is 0 Å². The van der Waals surface area contributed by atoms with Crippen LogP contribution in [0.15, 0.2) is 0 Å². The first kappa shape index (κ1) is 8.09. The number of nitrogens with zero attached hydrogens (tertiary/aromatic N) is 1. The van der Waals surface area contributed by atoms with E-state index in [1.807, 2.05) is 0 Å². The number of rotatable bonds is 1. The lowest BCUT2D eigenvalue weighted by molar-refractivity contribution is 0.0572. The quantitative estimate of drug-likeness (QED) is 0.401. The molecule has 0 radical (unpaired) electrons. The highest BCUT2D eigenvalue weighted by Crippen LogP contribution is 2.10. The van der Waals surface area contributed by atoms with Gasteiger partial charge in [-0.3, -0.25) is 4.55 Å². The molecule has 1 heterocycles. The zero-order chi connectivity index (χ0) is 7.72. The zero-order valence-corrected chi connectivity index (χ0v) is 5.99. The number of β-amino-alcohol motifs (C(OH)–C–C–N with tert-alkyl or cyclic N) is 2. The lowest BCUT2D eigenvalue weighted by atomic mass is 10.3. The smallest absolute Gasteiger partial charge is 0.234 e. The first-order chi connectivity index (χ1) is 4.61. The minimum atomic E-state index is -2.07. The fourth-order valence-corrected chi connectivity index (χ4v) is 1.42.